The molecule has 0 aliphatic carbocycles. The Morgan fingerprint density at radius 2 is 2.24 bits per heavy atom. The van der Waals surface area contributed by atoms with Gasteiger partial charge in [-0.15, -0.1) is 0 Å². The highest BCUT2D eigenvalue weighted by Crippen LogP contribution is 2.32. The van der Waals surface area contributed by atoms with E-state index in [-0.39, 0.29) is 11.9 Å². The second-order valence-corrected chi connectivity index (χ2v) is 5.54. The lowest BCUT2D eigenvalue weighted by molar-refractivity contribution is -0.127. The molecule has 0 aromatic heterocycles. The molecule has 1 aliphatic rings. The number of rotatable bonds is 5. The minimum Gasteiger partial charge on any atom is -0.385 e. The van der Waals surface area contributed by atoms with Gasteiger partial charge in [-0.3, -0.25) is 9.69 Å². The fraction of sp³-hybridized carbons (Fsp3) is 0.818. The van der Waals surface area contributed by atoms with Gasteiger partial charge in [0.2, 0.25) is 5.91 Å². The lowest BCUT2D eigenvalue weighted by Crippen LogP contribution is -2.46. The molecular formula is C11H20N2O3S. The van der Waals surface area contributed by atoms with Crippen molar-refractivity contribution in [3.63, 3.8) is 0 Å². The molecule has 1 rings (SSSR count). The number of methoxy groups -OCH3 is 1. The lowest BCUT2D eigenvalue weighted by Gasteiger charge is -2.23. The smallest absolute Gasteiger partial charge is 0.321 e. The van der Waals surface area contributed by atoms with Crippen molar-refractivity contribution in [3.8, 4) is 0 Å². The molecule has 1 heterocycles. The van der Waals surface area contributed by atoms with Crippen LogP contribution in [0.4, 0.5) is 4.79 Å². The van der Waals surface area contributed by atoms with E-state index in [0.29, 0.717) is 5.25 Å². The molecule has 17 heavy (non-hydrogen) atoms. The van der Waals surface area contributed by atoms with Crippen molar-refractivity contribution in [1.82, 2.24) is 4.90 Å². The van der Waals surface area contributed by atoms with Gasteiger partial charge in [-0.25, -0.2) is 4.79 Å². The Kier molecular flexibility index (Phi) is 5.77. The van der Waals surface area contributed by atoms with Crippen LogP contribution in [0.2, 0.25) is 0 Å². The van der Waals surface area contributed by atoms with Crippen LogP contribution in [-0.2, 0) is 9.53 Å². The number of primary amides is 1. The molecule has 1 saturated heterocycles. The second kappa shape index (κ2) is 6.86. The predicted molar refractivity (Wildman–Crippen MR) is 67.9 cm³/mol. The predicted octanol–water partition coefficient (Wildman–Crippen LogP) is 1.21. The molecule has 2 N–H and O–H groups in total. The van der Waals surface area contributed by atoms with Gasteiger partial charge in [0.15, 0.2) is 0 Å². The van der Waals surface area contributed by atoms with Crippen LogP contribution in [0.25, 0.3) is 0 Å². The lowest BCUT2D eigenvalue weighted by atomic mass is 10.1. The van der Waals surface area contributed by atoms with Crippen LogP contribution in [-0.4, -0.2) is 47.6 Å². The van der Waals surface area contributed by atoms with Crippen molar-refractivity contribution in [2.24, 2.45) is 5.73 Å². The second-order valence-electron chi connectivity index (χ2n) is 4.21. The Morgan fingerprint density at radius 3 is 2.76 bits per heavy atom. The molecule has 0 aromatic carbocycles. The first-order valence-corrected chi connectivity index (χ1v) is 6.81. The van der Waals surface area contributed by atoms with Crippen LogP contribution in [0.5, 0.6) is 0 Å². The summed E-state index contributed by atoms with van der Waals surface area (Å²) in [7, 11) is 1.69. The van der Waals surface area contributed by atoms with Crippen LogP contribution in [0.1, 0.15) is 26.2 Å². The highest BCUT2D eigenvalue weighted by atomic mass is 32.2. The topological polar surface area (TPSA) is 72.6 Å². The number of carbonyl (C=O) groups excluding carboxylic acids is 2. The van der Waals surface area contributed by atoms with Gasteiger partial charge in [0.1, 0.15) is 0 Å². The van der Waals surface area contributed by atoms with E-state index in [0.717, 1.165) is 31.6 Å². The molecule has 1 aliphatic heterocycles. The van der Waals surface area contributed by atoms with E-state index in [9.17, 15) is 9.59 Å². The van der Waals surface area contributed by atoms with Gasteiger partial charge >= 0.3 is 6.03 Å². The van der Waals surface area contributed by atoms with Gasteiger partial charge in [0.05, 0.1) is 6.04 Å². The molecule has 0 spiro atoms. The zero-order valence-corrected chi connectivity index (χ0v) is 11.2. The number of hydrogen-bond acceptors (Lipinski definition) is 4. The highest BCUT2D eigenvalue weighted by molar-refractivity contribution is 8.00. The molecule has 0 bridgehead atoms. The fourth-order valence-electron chi connectivity index (χ4n) is 2.12. The Hall–Kier alpha value is -0.750. The molecule has 2 atom stereocenters. The molecule has 3 amide bonds. The monoisotopic (exact) mass is 260 g/mol. The standard InChI is InChI=1S/C11H20N2O3S/c1-8(14)13(11(12)15)9-6-10(17-7-9)4-3-5-16-2/h9-10H,3-7H2,1-2H3,(H2,12,15)/t9-,10-/m1/s1. The van der Waals surface area contributed by atoms with Crippen molar-refractivity contribution in [2.45, 2.75) is 37.5 Å². The van der Waals surface area contributed by atoms with Gasteiger partial charge in [-0.05, 0) is 19.3 Å². The number of urea groups is 1. The molecule has 98 valence electrons. The summed E-state index contributed by atoms with van der Waals surface area (Å²) >= 11 is 1.81. The van der Waals surface area contributed by atoms with E-state index in [4.69, 9.17) is 10.5 Å². The summed E-state index contributed by atoms with van der Waals surface area (Å²) in [6.45, 7) is 2.14. The molecule has 0 saturated carbocycles. The quantitative estimate of drug-likeness (QED) is 0.754. The minimum atomic E-state index is -0.638. The Balaban J connectivity index is 2.42. The number of amides is 3. The zero-order chi connectivity index (χ0) is 12.8. The van der Waals surface area contributed by atoms with E-state index in [1.807, 2.05) is 0 Å². The van der Waals surface area contributed by atoms with E-state index < -0.39 is 6.03 Å². The normalized spacial score (nSPS) is 23.6. The van der Waals surface area contributed by atoms with Gasteiger partial charge in [-0.2, -0.15) is 11.8 Å². The van der Waals surface area contributed by atoms with E-state index >= 15 is 0 Å². The summed E-state index contributed by atoms with van der Waals surface area (Å²) < 4.78 is 5.00. The first-order chi connectivity index (χ1) is 8.06. The SMILES string of the molecule is COCCC[C@@H]1C[C@@H](N(C(C)=O)C(N)=O)CS1. The summed E-state index contributed by atoms with van der Waals surface area (Å²) in [6.07, 6.45) is 2.91. The number of nitrogens with two attached hydrogens (primary N) is 1. The summed E-state index contributed by atoms with van der Waals surface area (Å²) in [5, 5.41) is 0.497. The van der Waals surface area contributed by atoms with E-state index in [1.54, 1.807) is 18.9 Å². The number of ether oxygens (including phenoxy) is 1. The maximum absolute atomic E-state index is 11.3. The van der Waals surface area contributed by atoms with Gasteiger partial charge < -0.3 is 10.5 Å². The molecular weight excluding hydrogens is 240 g/mol. The summed E-state index contributed by atoms with van der Waals surface area (Å²) in [4.78, 5) is 23.7. The van der Waals surface area contributed by atoms with Crippen LogP contribution in [0.3, 0.4) is 0 Å². The maximum Gasteiger partial charge on any atom is 0.321 e. The van der Waals surface area contributed by atoms with Crippen LogP contribution in [0.15, 0.2) is 0 Å². The average Bonchev–Trinajstić information content (AvgIpc) is 2.65. The largest absolute Gasteiger partial charge is 0.385 e. The highest BCUT2D eigenvalue weighted by Gasteiger charge is 2.33. The maximum atomic E-state index is 11.3. The third-order valence-corrected chi connectivity index (χ3v) is 4.35. The van der Waals surface area contributed by atoms with E-state index in [2.05, 4.69) is 0 Å². The van der Waals surface area contributed by atoms with Crippen molar-refractivity contribution in [1.29, 1.82) is 0 Å². The third kappa shape index (κ3) is 4.20. The van der Waals surface area contributed by atoms with Gasteiger partial charge in [-0.1, -0.05) is 0 Å². The number of thioether (sulfide) groups is 1. The van der Waals surface area contributed by atoms with Crippen molar-refractivity contribution < 1.29 is 14.3 Å². The van der Waals surface area contributed by atoms with E-state index in [1.165, 1.54) is 11.8 Å². The van der Waals surface area contributed by atoms with Crippen molar-refractivity contribution in [2.75, 3.05) is 19.5 Å². The van der Waals surface area contributed by atoms with Gasteiger partial charge in [0, 0.05) is 31.6 Å². The molecule has 0 radical (unpaired) electrons. The van der Waals surface area contributed by atoms with Crippen LogP contribution in [0, 0.1) is 0 Å². The number of nitrogens with zero attached hydrogens (tertiary/aromatic N) is 1. The number of hydrogen-bond donors (Lipinski definition) is 1. The average molecular weight is 260 g/mol. The van der Waals surface area contributed by atoms with Crippen LogP contribution < -0.4 is 5.73 Å². The van der Waals surface area contributed by atoms with Crippen LogP contribution >= 0.6 is 11.8 Å². The minimum absolute atomic E-state index is 0.0393. The number of carbonyl (C=O) groups is 2. The molecule has 1 fully saturated rings. The van der Waals surface area contributed by atoms with Gasteiger partial charge in [0.25, 0.3) is 0 Å². The zero-order valence-electron chi connectivity index (χ0n) is 10.3. The first kappa shape index (κ1) is 14.3. The van der Waals surface area contributed by atoms with Crippen molar-refractivity contribution in [3.05, 3.63) is 0 Å². The fourth-order valence-corrected chi connectivity index (χ4v) is 3.59. The third-order valence-electron chi connectivity index (χ3n) is 2.88. The molecule has 6 heteroatoms. The number of imide groups is 1. The summed E-state index contributed by atoms with van der Waals surface area (Å²) in [5.41, 5.74) is 5.22. The summed E-state index contributed by atoms with van der Waals surface area (Å²) in [6, 6.07) is -0.678. The van der Waals surface area contributed by atoms with Crippen molar-refractivity contribution >= 4 is 23.7 Å². The Labute approximate surface area is 106 Å². The Morgan fingerprint density at radius 1 is 1.53 bits per heavy atom. The molecule has 5 nitrogen and oxygen atoms in total. The Bertz CT molecular complexity index is 272. The molecule has 0 unspecified atom stereocenters. The first-order valence-electron chi connectivity index (χ1n) is 5.76. The summed E-state index contributed by atoms with van der Waals surface area (Å²) in [5.74, 6) is 0.529. The molecule has 0 aromatic rings.